The number of phosphoric acid groups is 1. The SMILES string of the molecule is C=C(c1ccc(OC)c(OP(=O)(Oc2ccccc2)Oc2ccccc2)c1)c1cc(OC)c(OC)c(OC)c1. The molecule has 0 heterocycles. The van der Waals surface area contributed by atoms with Gasteiger partial charge in [0.15, 0.2) is 23.0 Å². The van der Waals surface area contributed by atoms with Gasteiger partial charge < -0.3 is 32.5 Å². The first-order chi connectivity index (χ1) is 18.9. The summed E-state index contributed by atoms with van der Waals surface area (Å²) in [5.41, 5.74) is 1.99. The van der Waals surface area contributed by atoms with Gasteiger partial charge in [-0.25, -0.2) is 0 Å². The second-order valence-corrected chi connectivity index (χ2v) is 9.55. The molecule has 0 aliphatic carbocycles. The van der Waals surface area contributed by atoms with Gasteiger partial charge in [0, 0.05) is 0 Å². The summed E-state index contributed by atoms with van der Waals surface area (Å²) in [7, 11) is 1.85. The second-order valence-electron chi connectivity index (χ2n) is 8.11. The maximum absolute atomic E-state index is 14.0. The molecule has 202 valence electrons. The van der Waals surface area contributed by atoms with Crippen molar-refractivity contribution in [3.05, 3.63) is 109 Å². The fraction of sp³-hybridized carbons (Fsp3) is 0.133. The Bertz CT molecular complexity index is 1400. The van der Waals surface area contributed by atoms with Crippen molar-refractivity contribution in [3.63, 3.8) is 0 Å². The van der Waals surface area contributed by atoms with Crippen molar-refractivity contribution in [1.29, 1.82) is 0 Å². The summed E-state index contributed by atoms with van der Waals surface area (Å²) in [6, 6.07) is 26.0. The zero-order valence-corrected chi connectivity index (χ0v) is 23.0. The zero-order chi connectivity index (χ0) is 27.8. The van der Waals surface area contributed by atoms with Crippen molar-refractivity contribution in [1.82, 2.24) is 0 Å². The smallest absolute Gasteiger partial charge is 0.493 e. The average Bonchev–Trinajstić information content (AvgIpc) is 2.96. The predicted molar refractivity (Wildman–Crippen MR) is 150 cm³/mol. The van der Waals surface area contributed by atoms with Crippen LogP contribution < -0.4 is 32.5 Å². The van der Waals surface area contributed by atoms with Crippen molar-refractivity contribution >= 4 is 13.4 Å². The van der Waals surface area contributed by atoms with E-state index in [0.29, 0.717) is 51.2 Å². The molecule has 4 aromatic carbocycles. The number of para-hydroxylation sites is 2. The van der Waals surface area contributed by atoms with E-state index in [2.05, 4.69) is 6.58 Å². The minimum Gasteiger partial charge on any atom is -0.493 e. The van der Waals surface area contributed by atoms with Crippen LogP contribution in [0.5, 0.6) is 40.2 Å². The number of rotatable bonds is 12. The Hall–Kier alpha value is -4.55. The fourth-order valence-corrected chi connectivity index (χ4v) is 5.01. The van der Waals surface area contributed by atoms with Gasteiger partial charge in [0.05, 0.1) is 28.4 Å². The molecule has 4 aromatic rings. The molecule has 0 bridgehead atoms. The summed E-state index contributed by atoms with van der Waals surface area (Å²) in [6.07, 6.45) is 0. The van der Waals surface area contributed by atoms with Crippen LogP contribution in [0.4, 0.5) is 0 Å². The van der Waals surface area contributed by atoms with Gasteiger partial charge in [0.25, 0.3) is 0 Å². The molecule has 0 aliphatic rings. The van der Waals surface area contributed by atoms with Crippen LogP contribution in [0.1, 0.15) is 11.1 Å². The van der Waals surface area contributed by atoms with Gasteiger partial charge in [-0.15, -0.1) is 0 Å². The molecule has 0 radical (unpaired) electrons. The van der Waals surface area contributed by atoms with E-state index in [1.165, 1.54) is 14.2 Å². The molecule has 9 heteroatoms. The summed E-state index contributed by atoms with van der Waals surface area (Å²) in [5.74, 6) is 2.52. The molecule has 0 atom stereocenters. The van der Waals surface area contributed by atoms with E-state index < -0.39 is 7.82 Å². The van der Waals surface area contributed by atoms with Gasteiger partial charge in [-0.05, 0) is 65.2 Å². The Labute approximate surface area is 227 Å². The molecule has 8 nitrogen and oxygen atoms in total. The Morgan fingerprint density at radius 2 is 1.05 bits per heavy atom. The van der Waals surface area contributed by atoms with E-state index in [1.807, 2.05) is 12.1 Å². The first-order valence-electron chi connectivity index (χ1n) is 11.9. The van der Waals surface area contributed by atoms with Crippen LogP contribution in [-0.4, -0.2) is 28.4 Å². The van der Waals surface area contributed by atoms with E-state index in [4.69, 9.17) is 32.5 Å². The normalized spacial score (nSPS) is 10.8. The highest BCUT2D eigenvalue weighted by molar-refractivity contribution is 7.49. The van der Waals surface area contributed by atoms with Gasteiger partial charge >= 0.3 is 7.82 Å². The molecular formula is C30H29O8P. The molecule has 0 spiro atoms. The van der Waals surface area contributed by atoms with Crippen molar-refractivity contribution in [3.8, 4) is 40.2 Å². The standard InChI is InChI=1S/C30H29O8P/c1-21(23-19-28(33-3)30(35-5)29(20-23)34-4)22-16-17-26(32-2)27(18-22)38-39(31,36-24-12-8-6-9-13-24)37-25-14-10-7-11-15-25/h6-20H,1H2,2-5H3. The number of benzene rings is 4. The monoisotopic (exact) mass is 548 g/mol. The number of phosphoric ester groups is 1. The molecule has 0 amide bonds. The summed E-state index contributed by atoms with van der Waals surface area (Å²) in [6.45, 7) is 4.25. The third kappa shape index (κ3) is 6.48. The maximum Gasteiger partial charge on any atom is 0.647 e. The summed E-state index contributed by atoms with van der Waals surface area (Å²) < 4.78 is 53.4. The fourth-order valence-electron chi connectivity index (χ4n) is 3.75. The highest BCUT2D eigenvalue weighted by atomic mass is 31.2. The van der Waals surface area contributed by atoms with Crippen LogP contribution in [0.2, 0.25) is 0 Å². The molecule has 4 rings (SSSR count). The van der Waals surface area contributed by atoms with E-state index in [0.717, 1.165) is 0 Å². The largest absolute Gasteiger partial charge is 0.647 e. The highest BCUT2D eigenvalue weighted by Crippen LogP contribution is 2.52. The number of hydrogen-bond donors (Lipinski definition) is 0. The third-order valence-corrected chi connectivity index (χ3v) is 6.95. The van der Waals surface area contributed by atoms with Crippen molar-refractivity contribution in [2.24, 2.45) is 0 Å². The predicted octanol–water partition coefficient (Wildman–Crippen LogP) is 7.43. The average molecular weight is 549 g/mol. The van der Waals surface area contributed by atoms with Crippen LogP contribution in [-0.2, 0) is 4.57 Å². The molecule has 0 aliphatic heterocycles. The number of methoxy groups -OCH3 is 4. The molecule has 0 unspecified atom stereocenters. The molecule has 0 saturated carbocycles. The first-order valence-corrected chi connectivity index (χ1v) is 13.3. The lowest BCUT2D eigenvalue weighted by Gasteiger charge is -2.21. The van der Waals surface area contributed by atoms with E-state index >= 15 is 0 Å². The summed E-state index contributed by atoms with van der Waals surface area (Å²) in [4.78, 5) is 0. The van der Waals surface area contributed by atoms with Gasteiger partial charge in [-0.2, -0.15) is 4.57 Å². The lowest BCUT2D eigenvalue weighted by Crippen LogP contribution is -2.08. The van der Waals surface area contributed by atoms with Crippen molar-refractivity contribution < 1.29 is 37.1 Å². The third-order valence-electron chi connectivity index (χ3n) is 5.66. The maximum atomic E-state index is 14.0. The Kier molecular flexibility index (Phi) is 8.69. The lowest BCUT2D eigenvalue weighted by atomic mass is 9.98. The Morgan fingerprint density at radius 1 is 0.564 bits per heavy atom. The van der Waals surface area contributed by atoms with Gasteiger partial charge in [0.1, 0.15) is 11.5 Å². The van der Waals surface area contributed by atoms with E-state index in [-0.39, 0.29) is 5.75 Å². The number of hydrogen-bond acceptors (Lipinski definition) is 8. The van der Waals surface area contributed by atoms with Gasteiger partial charge in [-0.1, -0.05) is 49.0 Å². The van der Waals surface area contributed by atoms with Crippen molar-refractivity contribution in [2.45, 2.75) is 0 Å². The summed E-state index contributed by atoms with van der Waals surface area (Å²) in [5, 5.41) is 0. The molecular weight excluding hydrogens is 519 g/mol. The van der Waals surface area contributed by atoms with Crippen molar-refractivity contribution in [2.75, 3.05) is 28.4 Å². The van der Waals surface area contributed by atoms with Crippen LogP contribution in [0.25, 0.3) is 5.57 Å². The molecule has 39 heavy (non-hydrogen) atoms. The van der Waals surface area contributed by atoms with Crippen LogP contribution in [0.3, 0.4) is 0 Å². The second kappa shape index (κ2) is 12.3. The minimum atomic E-state index is -4.25. The quantitative estimate of drug-likeness (QED) is 0.169. The van der Waals surface area contributed by atoms with Gasteiger partial charge in [0.2, 0.25) is 5.75 Å². The van der Waals surface area contributed by atoms with E-state index in [1.54, 1.807) is 93.1 Å². The van der Waals surface area contributed by atoms with Crippen LogP contribution in [0, 0.1) is 0 Å². The molecule has 0 N–H and O–H groups in total. The zero-order valence-electron chi connectivity index (χ0n) is 22.1. The topological polar surface area (TPSA) is 81.7 Å². The van der Waals surface area contributed by atoms with Gasteiger partial charge in [-0.3, -0.25) is 0 Å². The molecule has 0 fully saturated rings. The Balaban J connectivity index is 1.72. The molecule has 0 aromatic heterocycles. The van der Waals surface area contributed by atoms with E-state index in [9.17, 15) is 4.57 Å². The van der Waals surface area contributed by atoms with Crippen LogP contribution >= 0.6 is 7.82 Å². The summed E-state index contributed by atoms with van der Waals surface area (Å²) >= 11 is 0. The minimum absolute atomic E-state index is 0.138. The lowest BCUT2D eigenvalue weighted by molar-refractivity contribution is 0.290. The number of ether oxygens (including phenoxy) is 4. The Morgan fingerprint density at radius 3 is 1.51 bits per heavy atom. The highest BCUT2D eigenvalue weighted by Gasteiger charge is 2.34. The molecule has 0 saturated heterocycles. The van der Waals surface area contributed by atoms with Crippen LogP contribution in [0.15, 0.2) is 97.6 Å². The first kappa shape index (κ1) is 27.5.